The van der Waals surface area contributed by atoms with Gasteiger partial charge >= 0.3 is 11.9 Å². The number of rotatable bonds is 7. The molecule has 1 heterocycles. The molecule has 1 N–H and O–H groups in total. The first-order valence-electron chi connectivity index (χ1n) is 9.12. The standard InChI is InChI=1S/C9H18O2.C8H14O2.H3P/c1-2-3-4-5-6-7-8-9(10)11;9-8-6-4-2-1-3-5-7-10-8;/h2-8H2,1H3,(H,10,11);1-7H2;1H3/i;;1D. The Labute approximate surface area is 140 Å². The number of carboxylic acid groups (broad SMARTS) is 1. The Balaban J connectivity index is 0. The molecule has 5 heteroatoms. The lowest BCUT2D eigenvalue weighted by Gasteiger charge is -1.99. The molecule has 1 unspecified atom stereocenters. The molecule has 22 heavy (non-hydrogen) atoms. The van der Waals surface area contributed by atoms with E-state index in [0.717, 1.165) is 25.7 Å². The maximum Gasteiger partial charge on any atom is 0.305 e. The van der Waals surface area contributed by atoms with Crippen molar-refractivity contribution in [2.24, 2.45) is 0 Å². The fraction of sp³-hybridized carbons (Fsp3) is 0.882. The molecule has 0 spiro atoms. The predicted molar refractivity (Wildman–Crippen MR) is 95.4 cm³/mol. The number of esters is 1. The number of carbonyl (C=O) groups excluding carboxylic acids is 1. The van der Waals surface area contributed by atoms with Gasteiger partial charge in [-0.15, -0.1) is 0 Å². The zero-order chi connectivity index (χ0) is 17.8. The van der Waals surface area contributed by atoms with Crippen LogP contribution in [-0.2, 0) is 14.3 Å². The fourth-order valence-corrected chi connectivity index (χ4v) is 2.22. The quantitative estimate of drug-likeness (QED) is 0.414. The number of unbranched alkanes of at least 4 members (excludes halogenated alkanes) is 5. The summed E-state index contributed by atoms with van der Waals surface area (Å²) in [6.07, 6.45) is 13.6. The number of ether oxygens (including phenoxy) is 1. The molecule has 1 fully saturated rings. The van der Waals surface area contributed by atoms with Crippen molar-refractivity contribution >= 4 is 21.8 Å². The van der Waals surface area contributed by atoms with Crippen molar-refractivity contribution in [3.8, 4) is 0 Å². The van der Waals surface area contributed by atoms with Gasteiger partial charge in [0.25, 0.3) is 0 Å². The van der Waals surface area contributed by atoms with Crippen LogP contribution in [0.25, 0.3) is 0 Å². The largest absolute Gasteiger partial charge is 0.481 e. The van der Waals surface area contributed by atoms with Gasteiger partial charge in [-0.2, -0.15) is 9.84 Å². The average Bonchev–Trinajstić information content (AvgIpc) is 2.67. The molecule has 1 rings (SSSR count). The van der Waals surface area contributed by atoms with E-state index in [1.54, 1.807) is 9.84 Å². The van der Waals surface area contributed by atoms with E-state index in [0.29, 0.717) is 19.4 Å². The molecule has 1 aliphatic heterocycles. The number of hydrogen-bond acceptors (Lipinski definition) is 3. The van der Waals surface area contributed by atoms with Gasteiger partial charge in [0, 0.05) is 12.8 Å². The van der Waals surface area contributed by atoms with Crippen molar-refractivity contribution in [2.45, 2.75) is 90.4 Å². The second-order valence-corrected chi connectivity index (χ2v) is 5.65. The molecular weight excluding hydrogens is 299 g/mol. The Morgan fingerprint density at radius 1 is 1.09 bits per heavy atom. The minimum atomic E-state index is -0.666. The summed E-state index contributed by atoms with van der Waals surface area (Å²) in [6.45, 7) is 2.82. The predicted octanol–water partition coefficient (Wildman–Crippen LogP) is 4.76. The number of hydrogen-bond donors (Lipinski definition) is 1. The molecule has 4 nitrogen and oxygen atoms in total. The Morgan fingerprint density at radius 3 is 2.36 bits per heavy atom. The highest BCUT2D eigenvalue weighted by molar-refractivity contribution is 6.92. The van der Waals surface area contributed by atoms with E-state index >= 15 is 0 Å². The SMILES string of the molecule is CCCCCCCCC(=O)O.O=C1CCCCCCCO1.[2H]P. The summed E-state index contributed by atoms with van der Waals surface area (Å²) in [5, 5.41) is 8.32. The van der Waals surface area contributed by atoms with E-state index in [1.807, 2.05) is 0 Å². The number of aliphatic carboxylic acids is 1. The van der Waals surface area contributed by atoms with E-state index in [1.165, 1.54) is 44.9 Å². The lowest BCUT2D eigenvalue weighted by atomic mass is 10.1. The molecule has 0 radical (unpaired) electrons. The van der Waals surface area contributed by atoms with E-state index < -0.39 is 5.97 Å². The third-order valence-corrected chi connectivity index (χ3v) is 3.53. The number of carbonyl (C=O) groups is 2. The van der Waals surface area contributed by atoms with Crippen LogP contribution in [0.3, 0.4) is 0 Å². The van der Waals surface area contributed by atoms with Crippen LogP contribution < -0.4 is 0 Å². The van der Waals surface area contributed by atoms with Crippen molar-refractivity contribution in [2.75, 3.05) is 6.61 Å². The minimum absolute atomic E-state index is 0.0121. The van der Waals surface area contributed by atoms with Gasteiger partial charge in [-0.05, 0) is 19.3 Å². The van der Waals surface area contributed by atoms with E-state index in [4.69, 9.17) is 11.1 Å². The summed E-state index contributed by atoms with van der Waals surface area (Å²) in [5.74, 6) is -0.678. The number of carboxylic acids is 1. The highest BCUT2D eigenvalue weighted by Gasteiger charge is 2.04. The van der Waals surface area contributed by atoms with Gasteiger partial charge < -0.3 is 9.84 Å². The molecule has 0 aromatic rings. The molecule has 0 aromatic heterocycles. The van der Waals surface area contributed by atoms with Crippen LogP contribution >= 0.6 is 9.84 Å². The zero-order valence-corrected chi connectivity index (χ0v) is 15.3. The Hall–Kier alpha value is -0.630. The lowest BCUT2D eigenvalue weighted by Crippen LogP contribution is -2.03. The van der Waals surface area contributed by atoms with Crippen molar-refractivity contribution in [1.29, 1.82) is 1.28 Å². The fourth-order valence-electron chi connectivity index (χ4n) is 2.22. The molecule has 1 saturated heterocycles. The van der Waals surface area contributed by atoms with Crippen LogP contribution in [0.4, 0.5) is 0 Å². The molecule has 1 aliphatic rings. The average molecular weight is 335 g/mol. The summed E-state index contributed by atoms with van der Waals surface area (Å²) < 4.78 is 10.6. The normalized spacial score (nSPS) is 15.4. The summed E-state index contributed by atoms with van der Waals surface area (Å²) in [7, 11) is 1.67. The van der Waals surface area contributed by atoms with Crippen LogP contribution in [-0.4, -0.2) is 24.9 Å². The van der Waals surface area contributed by atoms with Crippen LogP contribution in [0.2, 0.25) is 0 Å². The first-order valence-corrected chi connectivity index (χ1v) is 8.54. The topological polar surface area (TPSA) is 63.6 Å². The monoisotopic (exact) mass is 335 g/mol. The molecular formula is C17H35O4P. The van der Waals surface area contributed by atoms with Crippen LogP contribution in [0.5, 0.6) is 0 Å². The highest BCUT2D eigenvalue weighted by atomic mass is 31.0. The summed E-state index contributed by atoms with van der Waals surface area (Å²) in [6, 6.07) is 0. The van der Waals surface area contributed by atoms with Crippen LogP contribution in [0, 0.1) is 0 Å². The Bertz CT molecular complexity index is 263. The molecule has 0 aromatic carbocycles. The third-order valence-electron chi connectivity index (χ3n) is 3.53. The third kappa shape index (κ3) is 19.4. The van der Waals surface area contributed by atoms with Crippen molar-refractivity contribution < 1.29 is 19.4 Å². The maximum absolute atomic E-state index is 10.8. The second kappa shape index (κ2) is 18.4. The van der Waals surface area contributed by atoms with Crippen molar-refractivity contribution in [3.63, 3.8) is 0 Å². The molecule has 132 valence electrons. The van der Waals surface area contributed by atoms with Gasteiger partial charge in [0.15, 0.2) is 0 Å². The van der Waals surface area contributed by atoms with E-state index in [-0.39, 0.29) is 5.97 Å². The summed E-state index contributed by atoms with van der Waals surface area (Å²) in [4.78, 5) is 20.9. The molecule has 0 amide bonds. The lowest BCUT2D eigenvalue weighted by molar-refractivity contribution is -0.143. The first-order chi connectivity index (χ1) is 11.2. The first kappa shape index (κ1) is 21.4. The minimum Gasteiger partial charge on any atom is -0.481 e. The summed E-state index contributed by atoms with van der Waals surface area (Å²) in [5.41, 5.74) is 0. The van der Waals surface area contributed by atoms with Crippen molar-refractivity contribution in [3.05, 3.63) is 0 Å². The molecule has 0 saturated carbocycles. The summed E-state index contributed by atoms with van der Waals surface area (Å²) >= 11 is 0. The van der Waals surface area contributed by atoms with Gasteiger partial charge in [0.05, 0.1) is 7.89 Å². The van der Waals surface area contributed by atoms with Gasteiger partial charge in [-0.1, -0.05) is 58.3 Å². The van der Waals surface area contributed by atoms with E-state index in [9.17, 15) is 9.59 Å². The van der Waals surface area contributed by atoms with E-state index in [2.05, 4.69) is 6.92 Å². The smallest absolute Gasteiger partial charge is 0.305 e. The molecule has 1 atom stereocenters. The van der Waals surface area contributed by atoms with Crippen LogP contribution in [0.1, 0.15) is 90.4 Å². The maximum atomic E-state index is 10.8. The number of cyclic esters (lactones) is 1. The van der Waals surface area contributed by atoms with Gasteiger partial charge in [-0.25, -0.2) is 0 Å². The zero-order valence-electron chi connectivity index (χ0n) is 15.1. The van der Waals surface area contributed by atoms with Crippen molar-refractivity contribution in [1.82, 2.24) is 0 Å². The highest BCUT2D eigenvalue weighted by Crippen LogP contribution is 2.09. The Morgan fingerprint density at radius 2 is 1.68 bits per heavy atom. The Kier molecular flexibility index (Phi) is 17.9. The van der Waals surface area contributed by atoms with Gasteiger partial charge in [0.2, 0.25) is 0 Å². The van der Waals surface area contributed by atoms with Gasteiger partial charge in [0.1, 0.15) is 0 Å². The second-order valence-electron chi connectivity index (χ2n) is 5.65. The van der Waals surface area contributed by atoms with Gasteiger partial charge in [-0.3, -0.25) is 9.59 Å². The molecule has 0 bridgehead atoms. The molecule has 0 aliphatic carbocycles. The van der Waals surface area contributed by atoms with Crippen LogP contribution in [0.15, 0.2) is 0 Å².